The number of amides is 2. The second kappa shape index (κ2) is 15.8. The number of hydrogen-bond acceptors (Lipinski definition) is 7. The molecule has 2 amide bonds. The topological polar surface area (TPSA) is 90.4 Å². The maximum absolute atomic E-state index is 14.8. The third kappa shape index (κ3) is 6.77. The van der Waals surface area contributed by atoms with Gasteiger partial charge in [-0.15, -0.1) is 24.9 Å². The highest BCUT2D eigenvalue weighted by atomic mass is 79.9. The number of aliphatic hydroxyl groups excluding tert-OH is 1. The van der Waals surface area contributed by atoms with Gasteiger partial charge >= 0.3 is 5.97 Å². The minimum atomic E-state index is -0.739. The molecule has 3 saturated heterocycles. The van der Waals surface area contributed by atoms with E-state index in [-0.39, 0.29) is 34.5 Å². The molecule has 1 aromatic rings. The van der Waals surface area contributed by atoms with Gasteiger partial charge in [0.2, 0.25) is 5.91 Å². The van der Waals surface area contributed by atoms with Crippen molar-refractivity contribution in [3.05, 3.63) is 49.6 Å². The second-order valence-electron chi connectivity index (χ2n) is 11.9. The maximum atomic E-state index is 14.8. The molecule has 8 nitrogen and oxygen atoms in total. The van der Waals surface area contributed by atoms with Crippen LogP contribution in [0.3, 0.4) is 0 Å². The van der Waals surface area contributed by atoms with Crippen LogP contribution >= 0.6 is 27.7 Å². The van der Waals surface area contributed by atoms with Crippen molar-refractivity contribution in [3.8, 4) is 0 Å². The van der Waals surface area contributed by atoms with Crippen LogP contribution in [0, 0.1) is 11.8 Å². The second-order valence-corrected chi connectivity index (χ2v) is 14.6. The number of fused-ring (bicyclic) bond motifs is 1. The first kappa shape index (κ1) is 34.6. The quantitative estimate of drug-likeness (QED) is 0.0932. The predicted molar refractivity (Wildman–Crippen MR) is 182 cm³/mol. The van der Waals surface area contributed by atoms with E-state index in [1.807, 2.05) is 30.3 Å². The van der Waals surface area contributed by atoms with Crippen LogP contribution in [-0.2, 0) is 19.1 Å². The summed E-state index contributed by atoms with van der Waals surface area (Å²) in [5.74, 6) is -1.84. The van der Waals surface area contributed by atoms with E-state index < -0.39 is 22.6 Å². The smallest absolute Gasteiger partial charge is 0.310 e. The highest BCUT2D eigenvalue weighted by Crippen LogP contribution is 2.68. The van der Waals surface area contributed by atoms with E-state index in [9.17, 15) is 19.5 Å². The Bertz CT molecular complexity index is 1180. The van der Waals surface area contributed by atoms with Crippen LogP contribution < -0.4 is 9.80 Å². The number of nitrogens with zero attached hydrogens (tertiary/aromatic N) is 3. The first-order valence-electron chi connectivity index (χ1n) is 16.1. The fourth-order valence-corrected chi connectivity index (χ4v) is 10.8. The van der Waals surface area contributed by atoms with Crippen molar-refractivity contribution in [1.29, 1.82) is 0 Å². The van der Waals surface area contributed by atoms with Gasteiger partial charge in [-0.25, -0.2) is 0 Å². The summed E-state index contributed by atoms with van der Waals surface area (Å²) >= 11 is 5.46. The number of esters is 1. The first-order valence-corrected chi connectivity index (χ1v) is 17.9. The highest BCUT2D eigenvalue weighted by molar-refractivity contribution is 9.09. The fourth-order valence-electron chi connectivity index (χ4n) is 7.18. The van der Waals surface area contributed by atoms with Gasteiger partial charge in [0.25, 0.3) is 5.91 Å². The van der Waals surface area contributed by atoms with E-state index >= 15 is 0 Å². The van der Waals surface area contributed by atoms with E-state index in [1.54, 1.807) is 27.6 Å². The van der Waals surface area contributed by atoms with Crippen molar-refractivity contribution < 1.29 is 24.2 Å². The van der Waals surface area contributed by atoms with Gasteiger partial charge in [-0.3, -0.25) is 14.4 Å². The molecule has 3 aliphatic heterocycles. The van der Waals surface area contributed by atoms with Gasteiger partial charge in [0.15, 0.2) is 0 Å². The summed E-state index contributed by atoms with van der Waals surface area (Å²) in [6.07, 6.45) is 8.73. The number of thioether (sulfide) groups is 1. The van der Waals surface area contributed by atoms with Crippen molar-refractivity contribution in [2.75, 3.05) is 49.2 Å². The minimum Gasteiger partial charge on any atom is -0.465 e. The molecule has 6 atom stereocenters. The largest absolute Gasteiger partial charge is 0.465 e. The predicted octanol–water partition coefficient (Wildman–Crippen LogP) is 5.58. The van der Waals surface area contributed by atoms with Gasteiger partial charge in [-0.05, 0) is 83.1 Å². The number of halogens is 1. The molecule has 0 radical (unpaired) electrons. The number of alkyl halides is 1. The van der Waals surface area contributed by atoms with Crippen LogP contribution in [0.5, 0.6) is 0 Å². The van der Waals surface area contributed by atoms with Gasteiger partial charge in [0.05, 0.1) is 23.2 Å². The Hall–Kier alpha value is -2.30. The summed E-state index contributed by atoms with van der Waals surface area (Å²) in [6, 6.07) is 7.27. The Morgan fingerprint density at radius 3 is 2.43 bits per heavy atom. The van der Waals surface area contributed by atoms with E-state index in [0.29, 0.717) is 39.0 Å². The number of benzene rings is 1. The zero-order valence-corrected chi connectivity index (χ0v) is 28.6. The van der Waals surface area contributed by atoms with Crippen LogP contribution in [0.15, 0.2) is 49.6 Å². The standard InChI is InChI=1S/C34H48BrN3O5S/c1-5-9-10-14-22-43-33(42)27-28-31(40)38(20-12-11-13-21-39)30(34(28)23-26(35)29(27)44-34)32(41)37(19-6-2)25-17-15-24(16-18-25)36(7-3)8-4/h5-6,15-18,26-30,39H,1-2,7-14,19-23H2,3-4H3/t26?,27-,28-,29-,30?,34?/m0/s1. The fraction of sp³-hybridized carbons (Fsp3) is 0.618. The first-order chi connectivity index (χ1) is 21.3. The third-order valence-electron chi connectivity index (χ3n) is 9.27. The van der Waals surface area contributed by atoms with Crippen molar-refractivity contribution in [3.63, 3.8) is 0 Å². The molecule has 4 rings (SSSR count). The van der Waals surface area contributed by atoms with Crippen molar-refractivity contribution in [2.45, 2.75) is 79.7 Å². The zero-order valence-electron chi connectivity index (χ0n) is 26.2. The number of hydrogen-bond donors (Lipinski definition) is 1. The van der Waals surface area contributed by atoms with Crippen LogP contribution in [0.25, 0.3) is 0 Å². The van der Waals surface area contributed by atoms with Crippen LogP contribution in [0.1, 0.15) is 58.8 Å². The number of unbranched alkanes of at least 4 members (excludes halogenated alkanes) is 4. The average molecular weight is 691 g/mol. The van der Waals surface area contributed by atoms with Crippen LogP contribution in [-0.4, -0.2) is 88.0 Å². The Balaban J connectivity index is 1.67. The Kier molecular flexibility index (Phi) is 12.4. The molecule has 1 spiro atoms. The molecule has 1 aromatic carbocycles. The van der Waals surface area contributed by atoms with Crippen LogP contribution in [0.4, 0.5) is 11.4 Å². The number of anilines is 2. The molecule has 1 N–H and O–H groups in total. The number of rotatable bonds is 18. The molecule has 0 saturated carbocycles. The number of likely N-dealkylation sites (tertiary alicyclic amines) is 1. The van der Waals surface area contributed by atoms with Crippen molar-refractivity contribution in [1.82, 2.24) is 4.90 Å². The lowest BCUT2D eigenvalue weighted by molar-refractivity contribution is -0.154. The normalized spacial score (nSPS) is 26.9. The monoisotopic (exact) mass is 689 g/mol. The van der Waals surface area contributed by atoms with Crippen LogP contribution in [0.2, 0.25) is 0 Å². The highest BCUT2D eigenvalue weighted by Gasteiger charge is 2.76. The molecule has 3 heterocycles. The minimum absolute atomic E-state index is 0.0132. The van der Waals surface area contributed by atoms with E-state index in [1.165, 1.54) is 0 Å². The lowest BCUT2D eigenvalue weighted by atomic mass is 9.71. The molecule has 0 aromatic heterocycles. The number of aliphatic hydroxyl groups is 1. The summed E-state index contributed by atoms with van der Waals surface area (Å²) in [7, 11) is 0. The SMILES string of the molecule is C=CCCCCOC(=O)[C@H]1[C@H]2C(=O)N(CCCCCO)C(C(=O)N(CC=C)c3ccc(N(CC)CC)cc3)C23CC(Br)[C@@H]1S3. The molecule has 3 fully saturated rings. The summed E-state index contributed by atoms with van der Waals surface area (Å²) in [6.45, 7) is 14.8. The zero-order chi connectivity index (χ0) is 31.9. The van der Waals surface area contributed by atoms with Gasteiger partial charge in [0, 0.05) is 54.2 Å². The molecule has 3 unspecified atom stereocenters. The molecule has 10 heteroatoms. The van der Waals surface area contributed by atoms with Crippen molar-refractivity contribution in [2.24, 2.45) is 11.8 Å². The average Bonchev–Trinajstić information content (AvgIpc) is 3.62. The number of allylic oxidation sites excluding steroid dienone is 1. The summed E-state index contributed by atoms with van der Waals surface area (Å²) in [4.78, 5) is 48.4. The van der Waals surface area contributed by atoms with Gasteiger partial charge in [-0.1, -0.05) is 28.1 Å². The van der Waals surface area contributed by atoms with Gasteiger partial charge in [0.1, 0.15) is 6.04 Å². The summed E-state index contributed by atoms with van der Waals surface area (Å²) in [5.41, 5.74) is 1.84. The summed E-state index contributed by atoms with van der Waals surface area (Å²) < 4.78 is 5.02. The molecular formula is C34H48BrN3O5S. The van der Waals surface area contributed by atoms with E-state index in [4.69, 9.17) is 4.74 Å². The molecule has 0 aliphatic carbocycles. The number of carbonyl (C=O) groups is 3. The molecule has 3 aliphatic rings. The lowest BCUT2D eigenvalue weighted by Gasteiger charge is -2.38. The number of carbonyl (C=O) groups excluding carboxylic acids is 3. The van der Waals surface area contributed by atoms with E-state index in [0.717, 1.165) is 50.1 Å². The maximum Gasteiger partial charge on any atom is 0.310 e. The lowest BCUT2D eigenvalue weighted by Crippen LogP contribution is -2.55. The van der Waals surface area contributed by atoms with Crippen molar-refractivity contribution >= 4 is 56.9 Å². The molecule has 2 bridgehead atoms. The Morgan fingerprint density at radius 2 is 1.80 bits per heavy atom. The Morgan fingerprint density at radius 1 is 1.09 bits per heavy atom. The molecular weight excluding hydrogens is 642 g/mol. The molecule has 44 heavy (non-hydrogen) atoms. The van der Waals surface area contributed by atoms with E-state index in [2.05, 4.69) is 47.8 Å². The summed E-state index contributed by atoms with van der Waals surface area (Å²) in [5, 5.41) is 9.19. The van der Waals surface area contributed by atoms with Gasteiger partial charge < -0.3 is 24.5 Å². The number of ether oxygens (including phenoxy) is 1. The van der Waals surface area contributed by atoms with Gasteiger partial charge in [-0.2, -0.15) is 0 Å². The third-order valence-corrected chi connectivity index (χ3v) is 12.5. The Labute approximate surface area is 275 Å². The molecule has 242 valence electrons.